The largest absolute Gasteiger partial charge is 4.00 e. The van der Waals surface area contributed by atoms with Gasteiger partial charge in [-0.05, 0) is 12.3 Å². The second-order valence-corrected chi connectivity index (χ2v) is 7.72. The quantitative estimate of drug-likeness (QED) is 0.574. The van der Waals surface area contributed by atoms with E-state index in [4.69, 9.17) is 0 Å². The number of rotatable bonds is 2. The first-order chi connectivity index (χ1) is 10.7. The van der Waals surface area contributed by atoms with E-state index in [0.717, 1.165) is 5.92 Å². The molecule has 2 aromatic carbocycles. The van der Waals surface area contributed by atoms with Crippen molar-refractivity contribution >= 4 is 10.8 Å². The molecule has 3 rings (SSSR count). The molecule has 26 heavy (non-hydrogen) atoms. The Labute approximate surface area is 191 Å². The summed E-state index contributed by atoms with van der Waals surface area (Å²) in [6.45, 7) is 15.4. The molecule has 0 heterocycles. The van der Waals surface area contributed by atoms with Crippen molar-refractivity contribution in [2.45, 2.75) is 54.9 Å². The Hall–Kier alpha value is -0.227. The number of allylic oxidation sites excluding steroid dienone is 4. The third-order valence-corrected chi connectivity index (χ3v) is 4.88. The fourth-order valence-corrected chi connectivity index (χ4v) is 3.21. The van der Waals surface area contributed by atoms with Crippen molar-refractivity contribution in [3.05, 3.63) is 64.8 Å². The minimum absolute atomic E-state index is 0. The van der Waals surface area contributed by atoms with Gasteiger partial charge in [-0.15, -0.1) is 47.5 Å². The van der Waals surface area contributed by atoms with Gasteiger partial charge in [0.2, 0.25) is 0 Å². The van der Waals surface area contributed by atoms with Gasteiger partial charge in [-0.1, -0.05) is 53.0 Å². The van der Waals surface area contributed by atoms with Gasteiger partial charge in [0.15, 0.2) is 0 Å². The molecule has 0 amide bonds. The van der Waals surface area contributed by atoms with Crippen LogP contribution in [0.15, 0.2) is 53.1 Å². The van der Waals surface area contributed by atoms with Crippen LogP contribution in [0.2, 0.25) is 0 Å². The van der Waals surface area contributed by atoms with Crippen LogP contribution >= 0.6 is 0 Å². The SMILES string of the molecule is CC(C)Cc1cc2ccccc2[cH-]1.CC1=[C-]C(C)(C)C(C)=C1C.[Cl-].[Cl-].[Zr+4]. The van der Waals surface area contributed by atoms with Gasteiger partial charge < -0.3 is 24.8 Å². The number of fused-ring (bicyclic) bond motifs is 1. The first-order valence-electron chi connectivity index (χ1n) is 8.65. The molecule has 0 radical (unpaired) electrons. The molecular formula is C23H30Cl2Zr. The van der Waals surface area contributed by atoms with Gasteiger partial charge in [0.05, 0.1) is 0 Å². The van der Waals surface area contributed by atoms with E-state index in [1.807, 2.05) is 0 Å². The molecule has 0 bridgehead atoms. The Morgan fingerprint density at radius 2 is 1.62 bits per heavy atom. The van der Waals surface area contributed by atoms with Crippen LogP contribution in [-0.4, -0.2) is 0 Å². The van der Waals surface area contributed by atoms with Gasteiger partial charge >= 0.3 is 26.2 Å². The van der Waals surface area contributed by atoms with Gasteiger partial charge in [-0.25, -0.2) is 5.57 Å². The Morgan fingerprint density at radius 3 is 2.00 bits per heavy atom. The fraction of sp³-hybridized carbons (Fsp3) is 0.435. The van der Waals surface area contributed by atoms with Crippen LogP contribution in [-0.2, 0) is 32.6 Å². The fourth-order valence-electron chi connectivity index (χ4n) is 3.21. The van der Waals surface area contributed by atoms with Gasteiger partial charge in [-0.3, -0.25) is 6.08 Å². The molecule has 3 heteroatoms. The molecular weight excluding hydrogens is 438 g/mol. The molecule has 0 aromatic heterocycles. The third-order valence-electron chi connectivity index (χ3n) is 4.88. The summed E-state index contributed by atoms with van der Waals surface area (Å²) >= 11 is 0. The first-order valence-corrected chi connectivity index (χ1v) is 8.65. The maximum Gasteiger partial charge on any atom is 4.00 e. The molecule has 0 N–H and O–H groups in total. The predicted molar refractivity (Wildman–Crippen MR) is 103 cm³/mol. The monoisotopic (exact) mass is 466 g/mol. The van der Waals surface area contributed by atoms with E-state index in [1.165, 1.54) is 39.5 Å². The summed E-state index contributed by atoms with van der Waals surface area (Å²) in [5.41, 5.74) is 5.86. The summed E-state index contributed by atoms with van der Waals surface area (Å²) in [4.78, 5) is 0. The normalized spacial score (nSPS) is 14.7. The van der Waals surface area contributed by atoms with Crippen LogP contribution in [0.3, 0.4) is 0 Å². The summed E-state index contributed by atoms with van der Waals surface area (Å²) < 4.78 is 0. The Kier molecular flexibility index (Phi) is 12.5. The molecule has 1 aliphatic rings. The van der Waals surface area contributed by atoms with Crippen molar-refractivity contribution in [3.8, 4) is 0 Å². The van der Waals surface area contributed by atoms with E-state index >= 15 is 0 Å². The molecule has 140 valence electrons. The van der Waals surface area contributed by atoms with Crippen LogP contribution in [0, 0.1) is 17.4 Å². The van der Waals surface area contributed by atoms with Crippen molar-refractivity contribution in [2.75, 3.05) is 0 Å². The number of benzene rings is 1. The second kappa shape index (κ2) is 11.6. The van der Waals surface area contributed by atoms with Crippen molar-refractivity contribution in [1.29, 1.82) is 0 Å². The average Bonchev–Trinajstić information content (AvgIpc) is 2.93. The molecule has 1 aliphatic carbocycles. The van der Waals surface area contributed by atoms with Crippen molar-refractivity contribution in [1.82, 2.24) is 0 Å². The molecule has 0 spiro atoms. The molecule has 0 nitrogen and oxygen atoms in total. The minimum atomic E-state index is 0. The first kappa shape index (κ1) is 28.0. The van der Waals surface area contributed by atoms with Crippen molar-refractivity contribution < 1.29 is 51.0 Å². The van der Waals surface area contributed by atoms with Crippen LogP contribution < -0.4 is 24.8 Å². The van der Waals surface area contributed by atoms with Crippen LogP contribution in [0.25, 0.3) is 10.8 Å². The maximum atomic E-state index is 3.44. The Bertz CT molecular complexity index is 715. The Morgan fingerprint density at radius 1 is 1.04 bits per heavy atom. The zero-order valence-electron chi connectivity index (χ0n) is 17.0. The van der Waals surface area contributed by atoms with Crippen molar-refractivity contribution in [2.24, 2.45) is 11.3 Å². The Balaban J connectivity index is 0. The second-order valence-electron chi connectivity index (χ2n) is 7.72. The minimum Gasteiger partial charge on any atom is -1.00 e. The predicted octanol–water partition coefficient (Wildman–Crippen LogP) is 0.875. The van der Waals surface area contributed by atoms with E-state index < -0.39 is 0 Å². The molecule has 0 saturated heterocycles. The molecule has 0 aliphatic heterocycles. The molecule has 2 aromatic rings. The number of halogens is 2. The molecule has 0 atom stereocenters. The summed E-state index contributed by atoms with van der Waals surface area (Å²) in [5, 5.41) is 2.75. The van der Waals surface area contributed by atoms with E-state index in [2.05, 4.69) is 90.9 Å². The summed E-state index contributed by atoms with van der Waals surface area (Å²) in [6.07, 6.45) is 4.62. The molecule has 0 fully saturated rings. The van der Waals surface area contributed by atoms with Crippen LogP contribution in [0.5, 0.6) is 0 Å². The van der Waals surface area contributed by atoms with Crippen LogP contribution in [0.1, 0.15) is 54.0 Å². The molecule has 0 saturated carbocycles. The van der Waals surface area contributed by atoms with Gasteiger partial charge in [0.25, 0.3) is 0 Å². The number of hydrogen-bond donors (Lipinski definition) is 0. The smallest absolute Gasteiger partial charge is 1.00 e. The standard InChI is InChI=1S/C13H15.C10H15.2ClH.Zr/c1-10(2)7-11-8-12-5-3-4-6-13(12)9-11;1-7-6-10(4,5)9(3)8(7)2;;;/h3-6,8-10H,7H2,1-2H3;1-5H3;2*1H;/q2*-1;;;+4/p-2. The van der Waals surface area contributed by atoms with E-state index in [1.54, 1.807) is 0 Å². The summed E-state index contributed by atoms with van der Waals surface area (Å²) in [6, 6.07) is 13.2. The van der Waals surface area contributed by atoms with E-state index in [-0.39, 0.29) is 56.4 Å². The van der Waals surface area contributed by atoms with Gasteiger partial charge in [-0.2, -0.15) is 17.2 Å². The maximum absolute atomic E-state index is 3.44. The zero-order chi connectivity index (χ0) is 17.2. The van der Waals surface area contributed by atoms with E-state index in [0.29, 0.717) is 0 Å². The third kappa shape index (κ3) is 7.07. The number of hydrogen-bond acceptors (Lipinski definition) is 0. The van der Waals surface area contributed by atoms with E-state index in [9.17, 15) is 0 Å². The average molecular weight is 469 g/mol. The summed E-state index contributed by atoms with van der Waals surface area (Å²) in [5.74, 6) is 0.747. The zero-order valence-corrected chi connectivity index (χ0v) is 21.0. The van der Waals surface area contributed by atoms with Crippen LogP contribution in [0.4, 0.5) is 0 Å². The molecule has 0 unspecified atom stereocenters. The van der Waals surface area contributed by atoms with Crippen molar-refractivity contribution in [3.63, 3.8) is 0 Å². The van der Waals surface area contributed by atoms with Gasteiger partial charge in [0, 0.05) is 0 Å². The topological polar surface area (TPSA) is 0 Å². The van der Waals surface area contributed by atoms with Gasteiger partial charge in [0.1, 0.15) is 0 Å². The summed E-state index contributed by atoms with van der Waals surface area (Å²) in [7, 11) is 0.